The second-order valence-corrected chi connectivity index (χ2v) is 7.80. The number of ether oxygens (including phenoxy) is 2. The number of benzene rings is 3. The molecule has 160 valence electrons. The molecule has 4 aromatic rings. The first-order chi connectivity index (χ1) is 15.4. The average molecular weight is 426 g/mol. The topological polar surface area (TPSA) is 68.9 Å². The van der Waals surface area contributed by atoms with E-state index in [9.17, 15) is 9.90 Å². The van der Waals surface area contributed by atoms with Crippen molar-refractivity contribution in [3.63, 3.8) is 0 Å². The number of rotatable bonds is 6. The molecule has 0 spiro atoms. The third-order valence-corrected chi connectivity index (χ3v) is 4.89. The molecule has 1 N–H and O–H groups in total. The number of phenols is 1. The first kappa shape index (κ1) is 21.1. The van der Waals surface area contributed by atoms with Gasteiger partial charge < -0.3 is 19.0 Å². The third-order valence-electron chi connectivity index (χ3n) is 4.89. The van der Waals surface area contributed by atoms with Crippen LogP contribution < -0.4 is 14.9 Å². The monoisotopic (exact) mass is 426 g/mol. The van der Waals surface area contributed by atoms with Crippen LogP contribution in [-0.4, -0.2) is 10.7 Å². The molecule has 1 aromatic heterocycles. The Balaban J connectivity index is 1.87. The maximum Gasteiger partial charge on any atom is 0.239 e. The minimum absolute atomic E-state index is 0.0126. The van der Waals surface area contributed by atoms with Gasteiger partial charge in [-0.2, -0.15) is 0 Å². The summed E-state index contributed by atoms with van der Waals surface area (Å²) in [5.41, 5.74) is 0.367. The molecule has 0 aliphatic heterocycles. The molecule has 0 saturated carbocycles. The van der Waals surface area contributed by atoms with E-state index < -0.39 is 11.0 Å². The van der Waals surface area contributed by atoms with Gasteiger partial charge in [0, 0.05) is 17.7 Å². The van der Waals surface area contributed by atoms with Crippen molar-refractivity contribution in [2.75, 3.05) is 0 Å². The van der Waals surface area contributed by atoms with E-state index in [1.54, 1.807) is 19.9 Å². The molecule has 0 amide bonds. The molecule has 0 unspecified atom stereocenters. The number of fused-ring (bicyclic) bond motifs is 1. The zero-order valence-electron chi connectivity index (χ0n) is 17.8. The SMILES string of the molecule is C#CC(C)(C)Oc1cc(O)c2c(=O)c(OCc3ccccc3)c(-c3ccccc3)oc2c1. The minimum atomic E-state index is -0.901. The summed E-state index contributed by atoms with van der Waals surface area (Å²) in [5.74, 6) is 2.84. The van der Waals surface area contributed by atoms with E-state index in [0.29, 0.717) is 5.56 Å². The Bertz CT molecular complexity index is 1350. The Kier molecular flexibility index (Phi) is 5.61. The van der Waals surface area contributed by atoms with Crippen LogP contribution >= 0.6 is 0 Å². The molecule has 5 heteroatoms. The second kappa shape index (κ2) is 8.52. The van der Waals surface area contributed by atoms with E-state index in [-0.39, 0.29) is 40.6 Å². The molecular formula is C27H22O5. The highest BCUT2D eigenvalue weighted by molar-refractivity contribution is 5.88. The van der Waals surface area contributed by atoms with Crippen molar-refractivity contribution in [1.82, 2.24) is 0 Å². The smallest absolute Gasteiger partial charge is 0.239 e. The number of hydrogen-bond acceptors (Lipinski definition) is 5. The quantitative estimate of drug-likeness (QED) is 0.410. The fraction of sp³-hybridized carbons (Fsp3) is 0.148. The van der Waals surface area contributed by atoms with Crippen molar-refractivity contribution in [3.8, 4) is 40.9 Å². The Hall–Kier alpha value is -4.17. The molecule has 0 aliphatic carbocycles. The summed E-state index contributed by atoms with van der Waals surface area (Å²) in [7, 11) is 0. The average Bonchev–Trinajstić information content (AvgIpc) is 2.79. The van der Waals surface area contributed by atoms with E-state index in [0.717, 1.165) is 5.56 Å². The number of terminal acetylenes is 1. The fourth-order valence-corrected chi connectivity index (χ4v) is 3.28. The summed E-state index contributed by atoms with van der Waals surface area (Å²) >= 11 is 0. The molecule has 0 fully saturated rings. The lowest BCUT2D eigenvalue weighted by Gasteiger charge is -2.20. The van der Waals surface area contributed by atoms with Gasteiger partial charge in [0.1, 0.15) is 29.1 Å². The molecule has 0 aliphatic rings. The van der Waals surface area contributed by atoms with Crippen molar-refractivity contribution >= 4 is 11.0 Å². The van der Waals surface area contributed by atoms with Crippen molar-refractivity contribution in [2.24, 2.45) is 0 Å². The van der Waals surface area contributed by atoms with Crippen LogP contribution in [0.3, 0.4) is 0 Å². The Morgan fingerprint density at radius 1 is 1.03 bits per heavy atom. The van der Waals surface area contributed by atoms with Gasteiger partial charge in [-0.1, -0.05) is 66.6 Å². The summed E-state index contributed by atoms with van der Waals surface area (Å²) in [4.78, 5) is 13.4. The summed E-state index contributed by atoms with van der Waals surface area (Å²) in [6, 6.07) is 21.6. The van der Waals surface area contributed by atoms with Crippen LogP contribution in [0.5, 0.6) is 17.2 Å². The molecule has 32 heavy (non-hydrogen) atoms. The zero-order chi connectivity index (χ0) is 22.7. The highest BCUT2D eigenvalue weighted by Crippen LogP contribution is 2.36. The molecule has 0 atom stereocenters. The lowest BCUT2D eigenvalue weighted by atomic mass is 10.1. The second-order valence-electron chi connectivity index (χ2n) is 7.80. The lowest BCUT2D eigenvalue weighted by Crippen LogP contribution is -2.25. The summed E-state index contributed by atoms with van der Waals surface area (Å²) < 4.78 is 17.8. The van der Waals surface area contributed by atoms with E-state index in [1.165, 1.54) is 6.07 Å². The molecule has 4 rings (SSSR count). The van der Waals surface area contributed by atoms with Gasteiger partial charge in [0.25, 0.3) is 0 Å². The Morgan fingerprint density at radius 3 is 2.34 bits per heavy atom. The van der Waals surface area contributed by atoms with Crippen LogP contribution in [-0.2, 0) is 6.61 Å². The van der Waals surface area contributed by atoms with Gasteiger partial charge in [0.15, 0.2) is 11.4 Å². The highest BCUT2D eigenvalue weighted by atomic mass is 16.5. The first-order valence-electron chi connectivity index (χ1n) is 10.1. The Labute approximate surface area is 185 Å². The fourth-order valence-electron chi connectivity index (χ4n) is 3.28. The minimum Gasteiger partial charge on any atom is -0.507 e. The molecule has 5 nitrogen and oxygen atoms in total. The van der Waals surface area contributed by atoms with E-state index in [1.807, 2.05) is 60.7 Å². The number of hydrogen-bond donors (Lipinski definition) is 1. The van der Waals surface area contributed by atoms with E-state index in [2.05, 4.69) is 5.92 Å². The Morgan fingerprint density at radius 2 is 1.69 bits per heavy atom. The van der Waals surface area contributed by atoms with Gasteiger partial charge in [0.05, 0.1) is 0 Å². The normalized spacial score (nSPS) is 11.2. The van der Waals surface area contributed by atoms with E-state index >= 15 is 0 Å². The summed E-state index contributed by atoms with van der Waals surface area (Å²) in [6.07, 6.45) is 5.50. The van der Waals surface area contributed by atoms with Crippen LogP contribution in [0.1, 0.15) is 19.4 Å². The van der Waals surface area contributed by atoms with Crippen LogP contribution in [0.25, 0.3) is 22.3 Å². The molecule has 0 radical (unpaired) electrons. The molecule has 3 aromatic carbocycles. The molecular weight excluding hydrogens is 404 g/mol. The number of phenolic OH excluding ortho intramolecular Hbond substituents is 1. The molecule has 0 bridgehead atoms. The first-order valence-corrected chi connectivity index (χ1v) is 10.1. The number of aromatic hydroxyl groups is 1. The third kappa shape index (κ3) is 4.30. The maximum atomic E-state index is 13.4. The molecule has 1 heterocycles. The van der Waals surface area contributed by atoms with Gasteiger partial charge in [-0.25, -0.2) is 0 Å². The van der Waals surface area contributed by atoms with Crippen molar-refractivity contribution < 1.29 is 19.0 Å². The van der Waals surface area contributed by atoms with Gasteiger partial charge in [-0.05, 0) is 19.4 Å². The predicted octanol–water partition coefficient (Wildman–Crippen LogP) is 5.54. The summed E-state index contributed by atoms with van der Waals surface area (Å²) in [5, 5.41) is 10.6. The van der Waals surface area contributed by atoms with E-state index in [4.69, 9.17) is 20.3 Å². The standard InChI is InChI=1S/C27H22O5/c1-4-27(2,3)32-20-15-21(28)23-22(16-20)31-25(19-13-9-6-10-14-19)26(24(23)29)30-17-18-11-7-5-8-12-18/h1,5-16,28H,17H2,2-3H3. The lowest BCUT2D eigenvalue weighted by molar-refractivity contribution is 0.172. The van der Waals surface area contributed by atoms with Gasteiger partial charge in [0.2, 0.25) is 11.2 Å². The van der Waals surface area contributed by atoms with Gasteiger partial charge in [-0.3, -0.25) is 4.79 Å². The highest BCUT2D eigenvalue weighted by Gasteiger charge is 2.23. The summed E-state index contributed by atoms with van der Waals surface area (Å²) in [6.45, 7) is 3.62. The maximum absolute atomic E-state index is 13.4. The largest absolute Gasteiger partial charge is 0.507 e. The van der Waals surface area contributed by atoms with Crippen LogP contribution in [0.15, 0.2) is 82.0 Å². The van der Waals surface area contributed by atoms with Crippen molar-refractivity contribution in [1.29, 1.82) is 0 Å². The molecule has 0 saturated heterocycles. The van der Waals surface area contributed by atoms with Crippen molar-refractivity contribution in [3.05, 3.63) is 88.6 Å². The van der Waals surface area contributed by atoms with Crippen molar-refractivity contribution in [2.45, 2.75) is 26.1 Å². The van der Waals surface area contributed by atoms with Crippen LogP contribution in [0.4, 0.5) is 0 Å². The zero-order valence-corrected chi connectivity index (χ0v) is 17.8. The predicted molar refractivity (Wildman–Crippen MR) is 124 cm³/mol. The van der Waals surface area contributed by atoms with Gasteiger partial charge in [-0.15, -0.1) is 6.42 Å². The van der Waals surface area contributed by atoms with Crippen LogP contribution in [0.2, 0.25) is 0 Å². The van der Waals surface area contributed by atoms with Crippen LogP contribution in [0, 0.1) is 12.3 Å². The van der Waals surface area contributed by atoms with Gasteiger partial charge >= 0.3 is 0 Å².